The van der Waals surface area contributed by atoms with Crippen molar-refractivity contribution in [1.29, 1.82) is 0 Å². The third kappa shape index (κ3) is 3.42. The number of nitrogens with zero attached hydrogens (tertiary/aromatic N) is 2. The van der Waals surface area contributed by atoms with Gasteiger partial charge in [0.25, 0.3) is 0 Å². The summed E-state index contributed by atoms with van der Waals surface area (Å²) in [4.78, 5) is 7.08. The molecule has 98 valence electrons. The summed E-state index contributed by atoms with van der Waals surface area (Å²) < 4.78 is 0. The van der Waals surface area contributed by atoms with Crippen molar-refractivity contribution in [1.82, 2.24) is 4.90 Å². The highest BCUT2D eigenvalue weighted by molar-refractivity contribution is 5.61. The fourth-order valence-electron chi connectivity index (χ4n) is 2.66. The fraction of sp³-hybridized carbons (Fsp3) is 0.562. The second-order valence-electron chi connectivity index (χ2n) is 5.64. The number of hydrogen-bond acceptors (Lipinski definition) is 2. The molecular weight excluding hydrogens is 220 g/mol. The van der Waals surface area contributed by atoms with E-state index in [-0.39, 0.29) is 0 Å². The Morgan fingerprint density at radius 1 is 1.28 bits per heavy atom. The zero-order chi connectivity index (χ0) is 13.0. The topological polar surface area (TPSA) is 15.6 Å². The molecule has 0 saturated carbocycles. The first-order valence-electron chi connectivity index (χ1n) is 6.91. The van der Waals surface area contributed by atoms with Crippen LogP contribution in [0, 0.1) is 11.8 Å². The van der Waals surface area contributed by atoms with E-state index >= 15 is 0 Å². The van der Waals surface area contributed by atoms with Crippen LogP contribution in [0.1, 0.15) is 25.8 Å². The van der Waals surface area contributed by atoms with Crippen molar-refractivity contribution in [3.05, 3.63) is 35.9 Å². The largest absolute Gasteiger partial charge is 0.303 e. The Hall–Kier alpha value is -1.15. The van der Waals surface area contributed by atoms with Gasteiger partial charge in [0.15, 0.2) is 0 Å². The SMILES string of the molecule is C[C@@H]1CN(C)[C@@H](C)C[C@@H]1C=NCc1ccccc1. The highest BCUT2D eigenvalue weighted by atomic mass is 15.1. The van der Waals surface area contributed by atoms with Crippen molar-refractivity contribution in [2.45, 2.75) is 32.9 Å². The number of hydrogen-bond donors (Lipinski definition) is 0. The molecular formula is C16H24N2. The van der Waals surface area contributed by atoms with E-state index in [4.69, 9.17) is 0 Å². The molecule has 18 heavy (non-hydrogen) atoms. The maximum absolute atomic E-state index is 4.63. The van der Waals surface area contributed by atoms with E-state index in [9.17, 15) is 0 Å². The summed E-state index contributed by atoms with van der Waals surface area (Å²) in [6.45, 7) is 6.64. The second kappa shape index (κ2) is 6.14. The summed E-state index contributed by atoms with van der Waals surface area (Å²) in [5.74, 6) is 1.35. The average Bonchev–Trinajstić information content (AvgIpc) is 2.37. The van der Waals surface area contributed by atoms with E-state index in [0.29, 0.717) is 17.9 Å². The average molecular weight is 244 g/mol. The predicted molar refractivity (Wildman–Crippen MR) is 78.0 cm³/mol. The summed E-state index contributed by atoms with van der Waals surface area (Å²) in [7, 11) is 2.22. The Bertz CT molecular complexity index is 385. The van der Waals surface area contributed by atoms with Crippen LogP contribution in [0.5, 0.6) is 0 Å². The smallest absolute Gasteiger partial charge is 0.0635 e. The van der Waals surface area contributed by atoms with Crippen molar-refractivity contribution in [2.24, 2.45) is 16.8 Å². The number of rotatable bonds is 3. The number of piperidine rings is 1. The summed E-state index contributed by atoms with van der Waals surface area (Å²) >= 11 is 0. The van der Waals surface area contributed by atoms with E-state index in [0.717, 1.165) is 6.54 Å². The molecule has 1 heterocycles. The summed E-state index contributed by atoms with van der Waals surface area (Å²) in [6.07, 6.45) is 3.43. The van der Waals surface area contributed by atoms with Crippen molar-refractivity contribution in [3.8, 4) is 0 Å². The lowest BCUT2D eigenvalue weighted by Crippen LogP contribution is -2.43. The molecule has 1 aliphatic heterocycles. The molecule has 0 unspecified atom stereocenters. The van der Waals surface area contributed by atoms with Crippen LogP contribution >= 0.6 is 0 Å². The molecule has 0 N–H and O–H groups in total. The maximum Gasteiger partial charge on any atom is 0.0635 e. The Labute approximate surface area is 111 Å². The van der Waals surface area contributed by atoms with Gasteiger partial charge in [-0.05, 0) is 37.8 Å². The monoisotopic (exact) mass is 244 g/mol. The lowest BCUT2D eigenvalue weighted by molar-refractivity contribution is 0.134. The van der Waals surface area contributed by atoms with E-state index < -0.39 is 0 Å². The Balaban J connectivity index is 1.89. The Morgan fingerprint density at radius 2 is 2.00 bits per heavy atom. The van der Waals surface area contributed by atoms with Crippen LogP contribution in [-0.4, -0.2) is 30.7 Å². The van der Waals surface area contributed by atoms with Gasteiger partial charge >= 0.3 is 0 Å². The second-order valence-corrected chi connectivity index (χ2v) is 5.64. The van der Waals surface area contributed by atoms with Gasteiger partial charge in [-0.2, -0.15) is 0 Å². The molecule has 0 radical (unpaired) electrons. The molecule has 1 fully saturated rings. The maximum atomic E-state index is 4.63. The van der Waals surface area contributed by atoms with E-state index in [1.54, 1.807) is 0 Å². The van der Waals surface area contributed by atoms with Crippen LogP contribution in [0.25, 0.3) is 0 Å². The van der Waals surface area contributed by atoms with Crippen molar-refractivity contribution < 1.29 is 0 Å². The highest BCUT2D eigenvalue weighted by Crippen LogP contribution is 2.25. The Kier molecular flexibility index (Phi) is 4.54. The van der Waals surface area contributed by atoms with Crippen molar-refractivity contribution >= 4 is 6.21 Å². The van der Waals surface area contributed by atoms with Crippen LogP contribution < -0.4 is 0 Å². The first kappa shape index (κ1) is 13.3. The molecule has 0 aromatic heterocycles. The summed E-state index contributed by atoms with van der Waals surface area (Å²) in [5.41, 5.74) is 1.29. The minimum atomic E-state index is 0.639. The molecule has 1 aromatic rings. The minimum absolute atomic E-state index is 0.639. The standard InChI is InChI=1S/C16H24N2/c1-13-12-18(3)14(2)9-16(13)11-17-10-15-7-5-4-6-8-15/h4-8,11,13-14,16H,9-10,12H2,1-3H3/t13-,14+,16-/m1/s1. The third-order valence-electron chi connectivity index (χ3n) is 4.09. The van der Waals surface area contributed by atoms with Gasteiger partial charge in [0, 0.05) is 18.8 Å². The molecule has 2 heteroatoms. The lowest BCUT2D eigenvalue weighted by Gasteiger charge is -2.38. The third-order valence-corrected chi connectivity index (χ3v) is 4.09. The normalized spacial score (nSPS) is 29.8. The van der Waals surface area contributed by atoms with Gasteiger partial charge in [-0.25, -0.2) is 0 Å². The van der Waals surface area contributed by atoms with Crippen LogP contribution in [0.3, 0.4) is 0 Å². The quantitative estimate of drug-likeness (QED) is 0.745. The zero-order valence-corrected chi connectivity index (χ0v) is 11.7. The molecule has 0 amide bonds. The fourth-order valence-corrected chi connectivity index (χ4v) is 2.66. The lowest BCUT2D eigenvalue weighted by atomic mass is 9.84. The predicted octanol–water partition coefficient (Wildman–Crippen LogP) is 3.23. The van der Waals surface area contributed by atoms with Gasteiger partial charge < -0.3 is 4.90 Å². The summed E-state index contributed by atoms with van der Waals surface area (Å²) in [5, 5.41) is 0. The molecule has 2 rings (SSSR count). The molecule has 1 saturated heterocycles. The van der Waals surface area contributed by atoms with Gasteiger partial charge in [-0.15, -0.1) is 0 Å². The first-order valence-corrected chi connectivity index (χ1v) is 6.91. The number of likely N-dealkylation sites (tertiary alicyclic amines) is 1. The molecule has 3 atom stereocenters. The van der Waals surface area contributed by atoms with Crippen LogP contribution in [-0.2, 0) is 6.54 Å². The summed E-state index contributed by atoms with van der Waals surface area (Å²) in [6, 6.07) is 11.1. The van der Waals surface area contributed by atoms with Crippen molar-refractivity contribution in [2.75, 3.05) is 13.6 Å². The molecule has 1 aliphatic rings. The number of aliphatic imine (C=N–C) groups is 1. The number of benzene rings is 1. The highest BCUT2D eigenvalue weighted by Gasteiger charge is 2.27. The van der Waals surface area contributed by atoms with Crippen molar-refractivity contribution in [3.63, 3.8) is 0 Å². The van der Waals surface area contributed by atoms with Crippen LogP contribution in [0.15, 0.2) is 35.3 Å². The van der Waals surface area contributed by atoms with Crippen LogP contribution in [0.4, 0.5) is 0 Å². The molecule has 0 spiro atoms. The zero-order valence-electron chi connectivity index (χ0n) is 11.7. The van der Waals surface area contributed by atoms with Gasteiger partial charge in [0.1, 0.15) is 0 Å². The van der Waals surface area contributed by atoms with E-state index in [1.807, 2.05) is 6.07 Å². The van der Waals surface area contributed by atoms with Gasteiger partial charge in [-0.1, -0.05) is 37.3 Å². The van der Waals surface area contributed by atoms with Gasteiger partial charge in [0.2, 0.25) is 0 Å². The van der Waals surface area contributed by atoms with E-state index in [2.05, 4.69) is 61.3 Å². The molecule has 0 bridgehead atoms. The molecule has 2 nitrogen and oxygen atoms in total. The molecule has 1 aromatic carbocycles. The van der Waals surface area contributed by atoms with E-state index in [1.165, 1.54) is 18.5 Å². The minimum Gasteiger partial charge on any atom is -0.303 e. The van der Waals surface area contributed by atoms with Crippen LogP contribution in [0.2, 0.25) is 0 Å². The Morgan fingerprint density at radius 3 is 2.72 bits per heavy atom. The first-order chi connectivity index (χ1) is 8.66. The van der Waals surface area contributed by atoms with Gasteiger partial charge in [0.05, 0.1) is 6.54 Å². The van der Waals surface area contributed by atoms with Gasteiger partial charge in [-0.3, -0.25) is 4.99 Å². The molecule has 0 aliphatic carbocycles.